The molecule has 0 aromatic heterocycles. The molecule has 0 radical (unpaired) electrons. The van der Waals surface area contributed by atoms with E-state index in [0.717, 1.165) is 36.6 Å². The van der Waals surface area contributed by atoms with E-state index in [1.807, 2.05) is 0 Å². The molecule has 0 unspecified atom stereocenters. The highest BCUT2D eigenvalue weighted by atomic mass is 79.9. The second-order valence-corrected chi connectivity index (χ2v) is 6.32. The summed E-state index contributed by atoms with van der Waals surface area (Å²) in [5, 5.41) is 2.10. The first kappa shape index (κ1) is 15.6. The summed E-state index contributed by atoms with van der Waals surface area (Å²) in [5.41, 5.74) is 2.54. The lowest BCUT2D eigenvalue weighted by Gasteiger charge is -2.21. The van der Waals surface area contributed by atoms with Gasteiger partial charge in [-0.05, 0) is 48.3 Å². The minimum atomic E-state index is 1.05. The second kappa shape index (κ2) is 8.53. The van der Waals surface area contributed by atoms with Crippen LogP contribution in [0, 0.1) is 0 Å². The number of allylic oxidation sites excluding steroid dienone is 6. The van der Waals surface area contributed by atoms with Gasteiger partial charge in [-0.25, -0.2) is 0 Å². The van der Waals surface area contributed by atoms with Crippen LogP contribution in [0.4, 0.5) is 0 Å². The van der Waals surface area contributed by atoms with Crippen LogP contribution >= 0.6 is 31.9 Å². The van der Waals surface area contributed by atoms with E-state index in [-0.39, 0.29) is 0 Å². The van der Waals surface area contributed by atoms with Gasteiger partial charge in [-0.2, -0.15) is 0 Å². The lowest BCUT2D eigenvalue weighted by atomic mass is 10.0. The molecule has 108 valence electrons. The van der Waals surface area contributed by atoms with Gasteiger partial charge >= 0.3 is 0 Å². The average Bonchev–Trinajstić information content (AvgIpc) is 2.52. The van der Waals surface area contributed by atoms with Gasteiger partial charge in [-0.15, -0.1) is 0 Å². The normalized spacial score (nSPS) is 17.5. The van der Waals surface area contributed by atoms with Gasteiger partial charge in [-0.3, -0.25) is 0 Å². The first-order chi connectivity index (χ1) is 9.83. The molecule has 0 N–H and O–H groups in total. The Bertz CT molecular complexity index is 387. The Morgan fingerprint density at radius 1 is 0.650 bits per heavy atom. The number of alkyl halides is 2. The number of nitrogens with zero attached hydrogens (tertiary/aromatic N) is 2. The predicted molar refractivity (Wildman–Crippen MR) is 93.8 cm³/mol. The van der Waals surface area contributed by atoms with E-state index in [1.54, 1.807) is 0 Å². The van der Waals surface area contributed by atoms with Crippen molar-refractivity contribution < 1.29 is 0 Å². The maximum Gasteiger partial charge on any atom is 0.0227 e. The summed E-state index contributed by atoms with van der Waals surface area (Å²) < 4.78 is 0. The Morgan fingerprint density at radius 2 is 1.00 bits per heavy atom. The van der Waals surface area contributed by atoms with Crippen molar-refractivity contribution in [1.29, 1.82) is 0 Å². The molecule has 0 aromatic rings. The van der Waals surface area contributed by atoms with Crippen molar-refractivity contribution in [3.05, 3.63) is 60.3 Å². The topological polar surface area (TPSA) is 6.48 Å². The van der Waals surface area contributed by atoms with Crippen LogP contribution in [0.2, 0.25) is 0 Å². The van der Waals surface area contributed by atoms with E-state index in [4.69, 9.17) is 0 Å². The van der Waals surface area contributed by atoms with Crippen molar-refractivity contribution in [2.75, 3.05) is 23.7 Å². The van der Waals surface area contributed by atoms with Crippen molar-refractivity contribution in [1.82, 2.24) is 9.80 Å². The predicted octanol–water partition coefficient (Wildman–Crippen LogP) is 4.54. The van der Waals surface area contributed by atoms with Gasteiger partial charge in [0.05, 0.1) is 0 Å². The van der Waals surface area contributed by atoms with Gasteiger partial charge < -0.3 is 9.80 Å². The van der Waals surface area contributed by atoms with Crippen LogP contribution in [0.25, 0.3) is 0 Å². The molecule has 0 spiro atoms. The molecule has 0 aliphatic carbocycles. The Hall–Kier alpha value is -0.740. The highest BCUT2D eigenvalue weighted by Crippen LogP contribution is 2.19. The minimum absolute atomic E-state index is 1.05. The summed E-state index contributed by atoms with van der Waals surface area (Å²) in [7, 11) is 0. The van der Waals surface area contributed by atoms with Gasteiger partial charge in [-0.1, -0.05) is 31.9 Å². The molecule has 2 heterocycles. The Labute approximate surface area is 138 Å². The van der Waals surface area contributed by atoms with Gasteiger partial charge in [0.25, 0.3) is 0 Å². The van der Waals surface area contributed by atoms with Gasteiger partial charge in [0, 0.05) is 48.5 Å². The van der Waals surface area contributed by atoms with Crippen LogP contribution < -0.4 is 0 Å². The standard InChI is InChI=1S/C16H20Br2N2/c17-7-1-9-19-11-3-15(4-12-19)16-5-13-20(14-6-16)10-2-8-18/h3-6,11-14H,1-2,7-10H2. The average molecular weight is 400 g/mol. The van der Waals surface area contributed by atoms with E-state index < -0.39 is 0 Å². The number of rotatable bonds is 6. The van der Waals surface area contributed by atoms with Crippen LogP contribution in [-0.2, 0) is 0 Å². The van der Waals surface area contributed by atoms with E-state index in [1.165, 1.54) is 11.1 Å². The molecule has 0 atom stereocenters. The first-order valence-electron chi connectivity index (χ1n) is 6.94. The molecular weight excluding hydrogens is 380 g/mol. The molecule has 0 saturated heterocycles. The smallest absolute Gasteiger partial charge is 0.0227 e. The van der Waals surface area contributed by atoms with Crippen LogP contribution in [0.5, 0.6) is 0 Å². The van der Waals surface area contributed by atoms with Gasteiger partial charge in [0.15, 0.2) is 0 Å². The van der Waals surface area contributed by atoms with Gasteiger partial charge in [0.1, 0.15) is 0 Å². The fourth-order valence-electron chi connectivity index (χ4n) is 2.08. The number of halogens is 2. The maximum atomic E-state index is 3.46. The zero-order valence-electron chi connectivity index (χ0n) is 11.5. The third kappa shape index (κ3) is 4.67. The van der Waals surface area contributed by atoms with Crippen LogP contribution in [-0.4, -0.2) is 33.5 Å². The third-order valence-electron chi connectivity index (χ3n) is 3.22. The Morgan fingerprint density at radius 3 is 1.30 bits per heavy atom. The Kier molecular flexibility index (Phi) is 6.67. The summed E-state index contributed by atoms with van der Waals surface area (Å²) in [4.78, 5) is 4.45. The van der Waals surface area contributed by atoms with Crippen LogP contribution in [0.1, 0.15) is 12.8 Å². The van der Waals surface area contributed by atoms with Gasteiger partial charge in [0.2, 0.25) is 0 Å². The van der Waals surface area contributed by atoms with Crippen LogP contribution in [0.3, 0.4) is 0 Å². The van der Waals surface area contributed by atoms with Crippen molar-refractivity contribution >= 4 is 31.9 Å². The molecule has 2 nitrogen and oxygen atoms in total. The maximum absolute atomic E-state index is 3.46. The summed E-state index contributed by atoms with van der Waals surface area (Å²) in [6, 6.07) is 0. The van der Waals surface area contributed by atoms with E-state index >= 15 is 0 Å². The molecule has 0 amide bonds. The molecule has 4 heteroatoms. The second-order valence-electron chi connectivity index (χ2n) is 4.73. The molecule has 0 fully saturated rings. The summed E-state index contributed by atoms with van der Waals surface area (Å²) in [6.45, 7) is 2.12. The zero-order chi connectivity index (χ0) is 14.2. The fraction of sp³-hybridized carbons (Fsp3) is 0.375. The largest absolute Gasteiger partial charge is 0.354 e. The first-order valence-corrected chi connectivity index (χ1v) is 9.18. The van der Waals surface area contributed by atoms with E-state index in [9.17, 15) is 0 Å². The van der Waals surface area contributed by atoms with Crippen molar-refractivity contribution in [2.45, 2.75) is 12.8 Å². The molecular formula is C16H20Br2N2. The molecule has 0 bridgehead atoms. The third-order valence-corrected chi connectivity index (χ3v) is 4.34. The monoisotopic (exact) mass is 398 g/mol. The highest BCUT2D eigenvalue weighted by molar-refractivity contribution is 9.09. The van der Waals surface area contributed by atoms with Crippen molar-refractivity contribution in [3.63, 3.8) is 0 Å². The van der Waals surface area contributed by atoms with E-state index in [0.29, 0.717) is 0 Å². The lowest BCUT2D eigenvalue weighted by molar-refractivity contribution is 0.498. The number of hydrogen-bond donors (Lipinski definition) is 0. The molecule has 2 aliphatic rings. The SMILES string of the molecule is BrCCCN1C=CC(=C2C=CN(CCCBr)C=C2)C=C1. The quantitative estimate of drug-likeness (QED) is 0.605. The van der Waals surface area contributed by atoms with E-state index in [2.05, 4.69) is 90.8 Å². The molecule has 20 heavy (non-hydrogen) atoms. The summed E-state index contributed by atoms with van der Waals surface area (Å²) in [6.07, 6.45) is 19.7. The summed E-state index contributed by atoms with van der Waals surface area (Å²) in [5.74, 6) is 0. The number of hydrogen-bond acceptors (Lipinski definition) is 2. The van der Waals surface area contributed by atoms with Crippen molar-refractivity contribution in [3.8, 4) is 0 Å². The fourth-order valence-corrected chi connectivity index (χ4v) is 2.58. The van der Waals surface area contributed by atoms with Crippen molar-refractivity contribution in [2.24, 2.45) is 0 Å². The minimum Gasteiger partial charge on any atom is -0.354 e. The molecule has 0 saturated carbocycles. The van der Waals surface area contributed by atoms with Crippen LogP contribution in [0.15, 0.2) is 60.3 Å². The zero-order valence-corrected chi connectivity index (χ0v) is 14.7. The molecule has 2 aliphatic heterocycles. The highest BCUT2D eigenvalue weighted by Gasteiger charge is 2.06. The molecule has 0 aromatic carbocycles. The summed E-state index contributed by atoms with van der Waals surface area (Å²) >= 11 is 6.93. The lowest BCUT2D eigenvalue weighted by Crippen LogP contribution is -2.15. The molecule has 2 rings (SSSR count). The Balaban J connectivity index is 1.93.